The second-order valence-electron chi connectivity index (χ2n) is 5.36. The zero-order valence-corrected chi connectivity index (χ0v) is 11.6. The number of nitrogens with one attached hydrogen (secondary N) is 1. The molecule has 0 aliphatic heterocycles. The highest BCUT2D eigenvalue weighted by Gasteiger charge is 2.20. The summed E-state index contributed by atoms with van der Waals surface area (Å²) in [6.45, 7) is 2.84. The van der Waals surface area contributed by atoms with Gasteiger partial charge in [0.15, 0.2) is 0 Å². The average Bonchev–Trinajstić information content (AvgIpc) is 3.18. The van der Waals surface area contributed by atoms with Crippen LogP contribution in [0.25, 0.3) is 0 Å². The first-order valence-corrected chi connectivity index (χ1v) is 7.23. The lowest BCUT2D eigenvalue weighted by atomic mass is 10.1. The van der Waals surface area contributed by atoms with E-state index in [1.54, 1.807) is 6.07 Å². The van der Waals surface area contributed by atoms with Crippen LogP contribution < -0.4 is 11.1 Å². The Labute approximate surface area is 114 Å². The summed E-state index contributed by atoms with van der Waals surface area (Å²) >= 11 is 0. The fraction of sp³-hybridized carbons (Fsp3) is 0.600. The molecule has 3 N–H and O–H groups in total. The van der Waals surface area contributed by atoms with Gasteiger partial charge in [-0.15, -0.1) is 0 Å². The summed E-state index contributed by atoms with van der Waals surface area (Å²) in [6, 6.07) is 3.49. The highest BCUT2D eigenvalue weighted by atomic mass is 16.1. The number of pyridine rings is 1. The Kier molecular flexibility index (Phi) is 4.77. The summed E-state index contributed by atoms with van der Waals surface area (Å²) in [5.74, 6) is 1.31. The minimum atomic E-state index is -0.0396. The second-order valence-corrected chi connectivity index (χ2v) is 5.36. The fourth-order valence-corrected chi connectivity index (χ4v) is 2.23. The largest absolute Gasteiger partial charge is 0.384 e. The Balaban J connectivity index is 1.85. The molecule has 1 aliphatic rings. The zero-order valence-electron chi connectivity index (χ0n) is 11.6. The summed E-state index contributed by atoms with van der Waals surface area (Å²) in [5.41, 5.74) is 7.26. The lowest BCUT2D eigenvalue weighted by molar-refractivity contribution is 0.0952. The number of anilines is 1. The van der Waals surface area contributed by atoms with Crippen molar-refractivity contribution < 1.29 is 4.79 Å². The van der Waals surface area contributed by atoms with E-state index in [-0.39, 0.29) is 5.91 Å². The van der Waals surface area contributed by atoms with Gasteiger partial charge in [-0.05, 0) is 37.3 Å². The van der Waals surface area contributed by atoms with Crippen molar-refractivity contribution in [3.05, 3.63) is 23.4 Å². The summed E-state index contributed by atoms with van der Waals surface area (Å²) < 4.78 is 0. The molecule has 19 heavy (non-hydrogen) atoms. The zero-order chi connectivity index (χ0) is 13.7. The number of carbonyl (C=O) groups is 1. The SMILES string of the molecule is CCCc1cc(C(=O)NCCCC2CC2)cc(N)n1. The Hall–Kier alpha value is -1.58. The normalized spacial score (nSPS) is 14.4. The average molecular weight is 261 g/mol. The monoisotopic (exact) mass is 261 g/mol. The number of rotatable bonds is 7. The number of nitrogens with two attached hydrogens (primary N) is 1. The van der Waals surface area contributed by atoms with Crippen molar-refractivity contribution >= 4 is 11.7 Å². The van der Waals surface area contributed by atoms with Crippen molar-refractivity contribution in [2.45, 2.75) is 45.4 Å². The number of nitrogens with zero attached hydrogens (tertiary/aromatic N) is 1. The fourth-order valence-electron chi connectivity index (χ4n) is 2.23. The van der Waals surface area contributed by atoms with Crippen LogP contribution in [0, 0.1) is 5.92 Å². The van der Waals surface area contributed by atoms with Crippen molar-refractivity contribution in [2.24, 2.45) is 5.92 Å². The molecular formula is C15H23N3O. The van der Waals surface area contributed by atoms with E-state index >= 15 is 0 Å². The van der Waals surface area contributed by atoms with Crippen LogP contribution in [0.1, 0.15) is 55.1 Å². The minimum Gasteiger partial charge on any atom is -0.384 e. The van der Waals surface area contributed by atoms with Crippen LogP contribution in [0.3, 0.4) is 0 Å². The first-order valence-electron chi connectivity index (χ1n) is 7.23. The Morgan fingerprint density at radius 2 is 2.26 bits per heavy atom. The van der Waals surface area contributed by atoms with Crippen molar-refractivity contribution in [1.82, 2.24) is 10.3 Å². The second kappa shape index (κ2) is 6.55. The van der Waals surface area contributed by atoms with E-state index in [2.05, 4.69) is 17.2 Å². The molecule has 0 atom stereocenters. The van der Waals surface area contributed by atoms with Gasteiger partial charge in [-0.2, -0.15) is 0 Å². The van der Waals surface area contributed by atoms with Crippen LogP contribution in [-0.4, -0.2) is 17.4 Å². The Morgan fingerprint density at radius 3 is 2.95 bits per heavy atom. The van der Waals surface area contributed by atoms with E-state index in [0.717, 1.165) is 37.4 Å². The summed E-state index contributed by atoms with van der Waals surface area (Å²) in [7, 11) is 0. The highest BCUT2D eigenvalue weighted by Crippen LogP contribution is 2.33. The molecule has 1 saturated carbocycles. The lowest BCUT2D eigenvalue weighted by Gasteiger charge is -2.07. The van der Waals surface area contributed by atoms with Crippen LogP contribution in [0.4, 0.5) is 5.82 Å². The van der Waals surface area contributed by atoms with Gasteiger partial charge in [0.1, 0.15) is 5.82 Å². The van der Waals surface area contributed by atoms with Crippen molar-refractivity contribution in [2.75, 3.05) is 12.3 Å². The predicted octanol–water partition coefficient (Wildman–Crippen LogP) is 2.54. The molecule has 0 bridgehead atoms. The summed E-state index contributed by atoms with van der Waals surface area (Å²) in [5, 5.41) is 2.96. The quantitative estimate of drug-likeness (QED) is 0.741. The lowest BCUT2D eigenvalue weighted by Crippen LogP contribution is -2.25. The number of aromatic nitrogens is 1. The Bertz CT molecular complexity index is 441. The van der Waals surface area contributed by atoms with Gasteiger partial charge < -0.3 is 11.1 Å². The molecule has 2 rings (SSSR count). The van der Waals surface area contributed by atoms with E-state index in [1.807, 2.05) is 6.07 Å². The molecular weight excluding hydrogens is 238 g/mol. The van der Waals surface area contributed by atoms with Crippen molar-refractivity contribution in [1.29, 1.82) is 0 Å². The minimum absolute atomic E-state index is 0.0396. The van der Waals surface area contributed by atoms with Gasteiger partial charge in [0.05, 0.1) is 0 Å². The first kappa shape index (κ1) is 13.8. The molecule has 0 saturated heterocycles. The molecule has 0 spiro atoms. The number of aryl methyl sites for hydroxylation is 1. The van der Waals surface area contributed by atoms with Crippen LogP contribution in [0.2, 0.25) is 0 Å². The molecule has 4 heteroatoms. The molecule has 1 aromatic heterocycles. The van der Waals surface area contributed by atoms with Crippen molar-refractivity contribution in [3.63, 3.8) is 0 Å². The van der Waals surface area contributed by atoms with Gasteiger partial charge in [-0.25, -0.2) is 4.98 Å². The van der Waals surface area contributed by atoms with E-state index in [4.69, 9.17) is 5.73 Å². The third-order valence-corrected chi connectivity index (χ3v) is 3.44. The van der Waals surface area contributed by atoms with E-state index in [1.165, 1.54) is 19.3 Å². The molecule has 1 fully saturated rings. The van der Waals surface area contributed by atoms with E-state index in [9.17, 15) is 4.79 Å². The number of hydrogen-bond acceptors (Lipinski definition) is 3. The maximum atomic E-state index is 12.0. The van der Waals surface area contributed by atoms with Crippen LogP contribution in [0.15, 0.2) is 12.1 Å². The molecule has 0 unspecified atom stereocenters. The smallest absolute Gasteiger partial charge is 0.251 e. The number of amides is 1. The molecule has 4 nitrogen and oxygen atoms in total. The summed E-state index contributed by atoms with van der Waals surface area (Å²) in [6.07, 6.45) is 6.90. The number of carbonyl (C=O) groups excluding carboxylic acids is 1. The number of nitrogen functional groups attached to an aromatic ring is 1. The maximum absolute atomic E-state index is 12.0. The van der Waals surface area contributed by atoms with Gasteiger partial charge in [0.25, 0.3) is 5.91 Å². The van der Waals surface area contributed by atoms with Crippen LogP contribution in [0.5, 0.6) is 0 Å². The highest BCUT2D eigenvalue weighted by molar-refractivity contribution is 5.94. The predicted molar refractivity (Wildman–Crippen MR) is 76.9 cm³/mol. The topological polar surface area (TPSA) is 68.0 Å². The standard InChI is InChI=1S/C15H23N3O/c1-2-4-13-9-12(10-14(16)18-13)15(19)17-8-3-5-11-6-7-11/h9-11H,2-8H2,1H3,(H2,16,18)(H,17,19). The van der Waals surface area contributed by atoms with Crippen LogP contribution >= 0.6 is 0 Å². The first-order chi connectivity index (χ1) is 9.19. The van der Waals surface area contributed by atoms with Gasteiger partial charge in [-0.3, -0.25) is 4.79 Å². The summed E-state index contributed by atoms with van der Waals surface area (Å²) in [4.78, 5) is 16.3. The molecule has 1 heterocycles. The molecule has 0 aromatic carbocycles. The molecule has 1 amide bonds. The maximum Gasteiger partial charge on any atom is 0.251 e. The van der Waals surface area contributed by atoms with Gasteiger partial charge in [0, 0.05) is 17.8 Å². The van der Waals surface area contributed by atoms with E-state index in [0.29, 0.717) is 11.4 Å². The third-order valence-electron chi connectivity index (χ3n) is 3.44. The number of hydrogen-bond donors (Lipinski definition) is 2. The molecule has 1 aliphatic carbocycles. The van der Waals surface area contributed by atoms with Gasteiger partial charge in [-0.1, -0.05) is 26.2 Å². The Morgan fingerprint density at radius 1 is 1.47 bits per heavy atom. The van der Waals surface area contributed by atoms with E-state index < -0.39 is 0 Å². The molecule has 104 valence electrons. The van der Waals surface area contributed by atoms with Gasteiger partial charge >= 0.3 is 0 Å². The molecule has 0 radical (unpaired) electrons. The van der Waals surface area contributed by atoms with Crippen molar-refractivity contribution in [3.8, 4) is 0 Å². The molecule has 1 aromatic rings. The third kappa shape index (κ3) is 4.54. The van der Waals surface area contributed by atoms with Gasteiger partial charge in [0.2, 0.25) is 0 Å². The van der Waals surface area contributed by atoms with Crippen LogP contribution in [-0.2, 0) is 6.42 Å².